The lowest BCUT2D eigenvalue weighted by Crippen LogP contribution is -2.25. The molecule has 0 saturated heterocycles. The summed E-state index contributed by atoms with van der Waals surface area (Å²) in [4.78, 5) is 11.3. The number of aryl methyl sites for hydroxylation is 2. The molecule has 0 unspecified atom stereocenters. The van der Waals surface area contributed by atoms with E-state index in [9.17, 15) is 9.18 Å². The number of anilines is 1. The zero-order valence-corrected chi connectivity index (χ0v) is 10.5. The van der Waals surface area contributed by atoms with Crippen molar-refractivity contribution in [2.45, 2.75) is 13.8 Å². The summed E-state index contributed by atoms with van der Waals surface area (Å²) in [6, 6.07) is 4.65. The van der Waals surface area contributed by atoms with Gasteiger partial charge in [-0.15, -0.1) is 0 Å². The van der Waals surface area contributed by atoms with Crippen LogP contribution in [0.15, 0.2) is 18.2 Å². The van der Waals surface area contributed by atoms with E-state index in [2.05, 4.69) is 10.4 Å². The Morgan fingerprint density at radius 1 is 1.37 bits per heavy atom. The summed E-state index contributed by atoms with van der Waals surface area (Å²) >= 11 is 0. The van der Waals surface area contributed by atoms with Crippen LogP contribution in [0.1, 0.15) is 11.4 Å². The van der Waals surface area contributed by atoms with Crippen molar-refractivity contribution in [2.75, 3.05) is 11.9 Å². The third-order valence-electron chi connectivity index (χ3n) is 2.92. The molecule has 0 fully saturated rings. The summed E-state index contributed by atoms with van der Waals surface area (Å²) in [5.74, 6) is -0.359. The molecule has 0 spiro atoms. The van der Waals surface area contributed by atoms with Crippen LogP contribution in [0, 0.1) is 19.7 Å². The van der Waals surface area contributed by atoms with Gasteiger partial charge in [-0.05, 0) is 26.0 Å². The van der Waals surface area contributed by atoms with Crippen LogP contribution in [0.3, 0.4) is 0 Å². The van der Waals surface area contributed by atoms with Gasteiger partial charge in [-0.2, -0.15) is 5.10 Å². The number of fused-ring (bicyclic) bond motifs is 1. The maximum absolute atomic E-state index is 14.1. The van der Waals surface area contributed by atoms with E-state index in [-0.39, 0.29) is 18.2 Å². The number of amides is 1. The van der Waals surface area contributed by atoms with Gasteiger partial charge in [0.15, 0.2) is 12.4 Å². The average Bonchev–Trinajstić information content (AvgIpc) is 2.68. The Hall–Kier alpha value is -2.37. The summed E-state index contributed by atoms with van der Waals surface area (Å²) in [5, 5.41) is 6.88. The molecule has 2 aromatic rings. The molecule has 19 heavy (non-hydrogen) atoms. The third-order valence-corrected chi connectivity index (χ3v) is 2.92. The van der Waals surface area contributed by atoms with E-state index in [4.69, 9.17) is 4.74 Å². The first-order valence-electron chi connectivity index (χ1n) is 5.84. The quantitative estimate of drug-likeness (QED) is 0.853. The van der Waals surface area contributed by atoms with Gasteiger partial charge in [0.05, 0.1) is 11.4 Å². The molecule has 0 bridgehead atoms. The molecule has 0 saturated carbocycles. The summed E-state index contributed by atoms with van der Waals surface area (Å²) in [5.41, 5.74) is 2.37. The van der Waals surface area contributed by atoms with Gasteiger partial charge in [-0.1, -0.05) is 0 Å². The van der Waals surface area contributed by atoms with Crippen molar-refractivity contribution in [3.05, 3.63) is 35.4 Å². The molecule has 0 aliphatic carbocycles. The Bertz CT molecular complexity index is 679. The number of ether oxygens (including phenoxy) is 1. The Balaban J connectivity index is 2.14. The van der Waals surface area contributed by atoms with Crippen LogP contribution in [0.2, 0.25) is 0 Å². The topological polar surface area (TPSA) is 56.1 Å². The average molecular weight is 261 g/mol. The maximum Gasteiger partial charge on any atom is 0.262 e. The predicted molar refractivity (Wildman–Crippen MR) is 67.1 cm³/mol. The molecule has 6 heteroatoms. The van der Waals surface area contributed by atoms with Gasteiger partial charge in [0, 0.05) is 11.8 Å². The van der Waals surface area contributed by atoms with E-state index in [0.29, 0.717) is 11.4 Å². The molecule has 1 aliphatic heterocycles. The van der Waals surface area contributed by atoms with Gasteiger partial charge >= 0.3 is 0 Å². The lowest BCUT2D eigenvalue weighted by atomic mass is 10.2. The minimum atomic E-state index is -0.443. The number of aromatic nitrogens is 2. The fraction of sp³-hybridized carbons (Fsp3) is 0.231. The van der Waals surface area contributed by atoms with Crippen molar-refractivity contribution in [2.24, 2.45) is 0 Å². The van der Waals surface area contributed by atoms with Crippen molar-refractivity contribution < 1.29 is 13.9 Å². The van der Waals surface area contributed by atoms with Crippen LogP contribution in [0.25, 0.3) is 5.69 Å². The molecule has 1 aromatic carbocycles. The summed E-state index contributed by atoms with van der Waals surface area (Å²) in [7, 11) is 0. The number of benzene rings is 1. The molecule has 1 aromatic heterocycles. The van der Waals surface area contributed by atoms with Crippen LogP contribution in [0.5, 0.6) is 5.75 Å². The van der Waals surface area contributed by atoms with Gasteiger partial charge < -0.3 is 10.1 Å². The maximum atomic E-state index is 14.1. The lowest BCUT2D eigenvalue weighted by molar-refractivity contribution is -0.118. The number of rotatable bonds is 1. The highest BCUT2D eigenvalue weighted by Crippen LogP contribution is 2.32. The van der Waals surface area contributed by atoms with Gasteiger partial charge in [-0.25, -0.2) is 9.07 Å². The number of hydrogen-bond donors (Lipinski definition) is 1. The molecular weight excluding hydrogens is 249 g/mol. The predicted octanol–water partition coefficient (Wildman–Crippen LogP) is 1.96. The molecule has 5 nitrogen and oxygen atoms in total. The molecule has 98 valence electrons. The highest BCUT2D eigenvalue weighted by Gasteiger charge is 2.20. The van der Waals surface area contributed by atoms with Crippen molar-refractivity contribution in [1.29, 1.82) is 0 Å². The first-order valence-corrected chi connectivity index (χ1v) is 5.84. The van der Waals surface area contributed by atoms with Gasteiger partial charge in [-0.3, -0.25) is 4.79 Å². The Morgan fingerprint density at radius 3 is 2.84 bits per heavy atom. The minimum absolute atomic E-state index is 0.0916. The van der Waals surface area contributed by atoms with Gasteiger partial charge in [0.2, 0.25) is 0 Å². The first-order chi connectivity index (χ1) is 9.04. The Kier molecular flexibility index (Phi) is 2.51. The van der Waals surface area contributed by atoms with Gasteiger partial charge in [0.25, 0.3) is 5.91 Å². The molecule has 1 N–H and O–H groups in total. The number of halogens is 1. The van der Waals surface area contributed by atoms with Crippen LogP contribution >= 0.6 is 0 Å². The van der Waals surface area contributed by atoms with Crippen LogP contribution < -0.4 is 10.1 Å². The second-order valence-electron chi connectivity index (χ2n) is 4.48. The Labute approximate surface area is 109 Å². The second kappa shape index (κ2) is 4.08. The lowest BCUT2D eigenvalue weighted by Gasteiger charge is -2.19. The molecule has 1 aliphatic rings. The molecule has 3 rings (SSSR count). The monoisotopic (exact) mass is 261 g/mol. The Morgan fingerprint density at radius 2 is 2.16 bits per heavy atom. The van der Waals surface area contributed by atoms with Crippen LogP contribution in [-0.4, -0.2) is 22.3 Å². The third kappa shape index (κ3) is 1.95. The van der Waals surface area contributed by atoms with E-state index >= 15 is 0 Å². The fourth-order valence-electron chi connectivity index (χ4n) is 2.13. The number of carbonyl (C=O) groups is 1. The van der Waals surface area contributed by atoms with Gasteiger partial charge in [0.1, 0.15) is 11.4 Å². The van der Waals surface area contributed by atoms with E-state index in [1.165, 1.54) is 16.8 Å². The molecule has 2 heterocycles. The normalized spacial score (nSPS) is 13.7. The molecular formula is C13H12FN3O2. The van der Waals surface area contributed by atoms with Crippen LogP contribution in [-0.2, 0) is 4.79 Å². The zero-order chi connectivity index (χ0) is 13.6. The number of carbonyl (C=O) groups excluding carboxylic acids is 1. The summed E-state index contributed by atoms with van der Waals surface area (Å²) < 4.78 is 20.8. The summed E-state index contributed by atoms with van der Waals surface area (Å²) in [6.07, 6.45) is 0. The molecule has 0 atom stereocenters. The first kappa shape index (κ1) is 11.7. The van der Waals surface area contributed by atoms with Crippen molar-refractivity contribution in [3.8, 4) is 11.4 Å². The van der Waals surface area contributed by atoms with E-state index in [1.807, 2.05) is 19.9 Å². The van der Waals surface area contributed by atoms with E-state index in [1.54, 1.807) is 0 Å². The number of nitrogens with one attached hydrogen (secondary N) is 1. The second-order valence-corrected chi connectivity index (χ2v) is 4.48. The van der Waals surface area contributed by atoms with E-state index < -0.39 is 5.82 Å². The number of hydrogen-bond acceptors (Lipinski definition) is 3. The molecule has 0 radical (unpaired) electrons. The standard InChI is InChI=1S/C13H12FN3O2/c1-7-3-8(2)17(16-7)11-5-10-12(4-9(11)14)19-6-13(18)15-10/h3-5H,6H2,1-2H3,(H,15,18). The number of nitrogens with zero attached hydrogens (tertiary/aromatic N) is 2. The highest BCUT2D eigenvalue weighted by atomic mass is 19.1. The van der Waals surface area contributed by atoms with Crippen molar-refractivity contribution >= 4 is 11.6 Å². The highest BCUT2D eigenvalue weighted by molar-refractivity contribution is 5.95. The smallest absolute Gasteiger partial charge is 0.262 e. The largest absolute Gasteiger partial charge is 0.481 e. The fourth-order valence-corrected chi connectivity index (χ4v) is 2.13. The summed E-state index contributed by atoms with van der Waals surface area (Å²) in [6.45, 7) is 3.59. The zero-order valence-electron chi connectivity index (χ0n) is 10.5. The molecule has 1 amide bonds. The SMILES string of the molecule is Cc1cc(C)n(-c2cc3c(cc2F)OCC(=O)N3)n1. The van der Waals surface area contributed by atoms with Crippen molar-refractivity contribution in [1.82, 2.24) is 9.78 Å². The van der Waals surface area contributed by atoms with E-state index in [0.717, 1.165) is 11.4 Å². The van der Waals surface area contributed by atoms with Crippen LogP contribution in [0.4, 0.5) is 10.1 Å². The van der Waals surface area contributed by atoms with Crippen molar-refractivity contribution in [3.63, 3.8) is 0 Å². The minimum Gasteiger partial charge on any atom is -0.481 e.